The molecule has 1 spiro atoms. The molecule has 2 saturated heterocycles. The Bertz CT molecular complexity index is 731. The summed E-state index contributed by atoms with van der Waals surface area (Å²) in [7, 11) is 0. The Balaban J connectivity index is 1.40. The Hall–Kier alpha value is -2.18. The van der Waals surface area contributed by atoms with Gasteiger partial charge in [-0.3, -0.25) is 19.5 Å². The number of amides is 2. The quantitative estimate of drug-likeness (QED) is 0.842. The lowest BCUT2D eigenvalue weighted by Gasteiger charge is -2.47. The highest BCUT2D eigenvalue weighted by molar-refractivity contribution is 5.92. The highest BCUT2D eigenvalue weighted by Gasteiger charge is 2.51. The molecule has 0 unspecified atom stereocenters. The monoisotopic (exact) mass is 316 g/mol. The van der Waals surface area contributed by atoms with Gasteiger partial charge < -0.3 is 9.80 Å². The van der Waals surface area contributed by atoms with Gasteiger partial charge in [0.2, 0.25) is 11.3 Å². The molecule has 1 N–H and O–H groups in total. The summed E-state index contributed by atoms with van der Waals surface area (Å²) in [5.74, 6) is 0.213. The van der Waals surface area contributed by atoms with Crippen molar-refractivity contribution in [2.45, 2.75) is 26.2 Å². The zero-order valence-electron chi connectivity index (χ0n) is 13.2. The molecule has 7 nitrogen and oxygen atoms in total. The lowest BCUT2D eigenvalue weighted by atomic mass is 9.79. The minimum absolute atomic E-state index is 0.0255. The van der Waals surface area contributed by atoms with Crippen molar-refractivity contribution in [2.75, 3.05) is 26.2 Å². The molecule has 0 bridgehead atoms. The number of aromatic amines is 1. The van der Waals surface area contributed by atoms with E-state index in [4.69, 9.17) is 0 Å². The first-order valence-electron chi connectivity index (χ1n) is 8.12. The predicted molar refractivity (Wildman–Crippen MR) is 81.9 cm³/mol. The molecular weight excluding hydrogens is 296 g/mol. The lowest BCUT2D eigenvalue weighted by molar-refractivity contribution is -0.132. The molecule has 1 aromatic heterocycles. The number of carbonyl (C=O) groups is 2. The SMILES string of the molecule is Cc1cc(=O)c(C(=O)N2CC3(CCN(C(=O)C4CC4)C3)C2)n[nH]1. The maximum absolute atomic E-state index is 12.4. The van der Waals surface area contributed by atoms with E-state index in [2.05, 4.69) is 10.2 Å². The van der Waals surface area contributed by atoms with Gasteiger partial charge in [0, 0.05) is 49.3 Å². The van der Waals surface area contributed by atoms with Crippen LogP contribution in [0.4, 0.5) is 0 Å². The number of nitrogens with zero attached hydrogens (tertiary/aromatic N) is 3. The van der Waals surface area contributed by atoms with Gasteiger partial charge in [-0.05, 0) is 26.2 Å². The molecule has 0 radical (unpaired) electrons. The van der Waals surface area contributed by atoms with Crippen LogP contribution in [0, 0.1) is 18.3 Å². The van der Waals surface area contributed by atoms with Crippen LogP contribution in [0.15, 0.2) is 10.9 Å². The summed E-state index contributed by atoms with van der Waals surface area (Å²) < 4.78 is 0. The van der Waals surface area contributed by atoms with Crippen LogP contribution < -0.4 is 5.43 Å². The highest BCUT2D eigenvalue weighted by Crippen LogP contribution is 2.42. The van der Waals surface area contributed by atoms with Gasteiger partial charge in [0.15, 0.2) is 5.69 Å². The number of H-pyrrole nitrogens is 1. The first-order valence-corrected chi connectivity index (χ1v) is 8.12. The Labute approximate surface area is 133 Å². The molecule has 3 aliphatic rings. The fourth-order valence-electron chi connectivity index (χ4n) is 3.68. The molecule has 23 heavy (non-hydrogen) atoms. The fraction of sp³-hybridized carbons (Fsp3) is 0.625. The maximum atomic E-state index is 12.4. The summed E-state index contributed by atoms with van der Waals surface area (Å²) in [6.45, 7) is 4.47. The number of carbonyl (C=O) groups excluding carboxylic acids is 2. The summed E-state index contributed by atoms with van der Waals surface area (Å²) in [4.78, 5) is 40.0. The van der Waals surface area contributed by atoms with Gasteiger partial charge in [-0.1, -0.05) is 0 Å². The van der Waals surface area contributed by atoms with Crippen LogP contribution in [0.1, 0.15) is 35.4 Å². The second-order valence-corrected chi connectivity index (χ2v) is 7.21. The largest absolute Gasteiger partial charge is 0.342 e. The van der Waals surface area contributed by atoms with E-state index in [-0.39, 0.29) is 34.3 Å². The Morgan fingerprint density at radius 2 is 1.96 bits per heavy atom. The molecule has 2 aliphatic heterocycles. The van der Waals surface area contributed by atoms with E-state index >= 15 is 0 Å². The van der Waals surface area contributed by atoms with E-state index in [0.717, 1.165) is 32.4 Å². The Kier molecular flexibility index (Phi) is 3.08. The summed E-state index contributed by atoms with van der Waals surface area (Å²) in [6, 6.07) is 1.39. The first kappa shape index (κ1) is 14.4. The minimum Gasteiger partial charge on any atom is -0.342 e. The van der Waals surface area contributed by atoms with Gasteiger partial charge in [0.25, 0.3) is 5.91 Å². The predicted octanol–water partition coefficient (Wildman–Crippen LogP) is 0.163. The first-order chi connectivity index (χ1) is 11.0. The van der Waals surface area contributed by atoms with Crippen LogP contribution >= 0.6 is 0 Å². The van der Waals surface area contributed by atoms with E-state index in [1.807, 2.05) is 4.90 Å². The molecule has 3 fully saturated rings. The van der Waals surface area contributed by atoms with E-state index in [1.54, 1.807) is 11.8 Å². The summed E-state index contributed by atoms with van der Waals surface area (Å²) in [5.41, 5.74) is 0.271. The third-order valence-electron chi connectivity index (χ3n) is 5.14. The molecule has 1 aromatic rings. The highest BCUT2D eigenvalue weighted by atomic mass is 16.2. The molecule has 122 valence electrons. The smallest absolute Gasteiger partial charge is 0.278 e. The number of aryl methyl sites for hydroxylation is 1. The van der Waals surface area contributed by atoms with Crippen LogP contribution in [0.3, 0.4) is 0 Å². The van der Waals surface area contributed by atoms with E-state index in [0.29, 0.717) is 18.8 Å². The van der Waals surface area contributed by atoms with Crippen molar-refractivity contribution in [1.29, 1.82) is 0 Å². The van der Waals surface area contributed by atoms with E-state index in [9.17, 15) is 14.4 Å². The van der Waals surface area contributed by atoms with Crippen molar-refractivity contribution in [2.24, 2.45) is 11.3 Å². The van der Waals surface area contributed by atoms with Gasteiger partial charge >= 0.3 is 0 Å². The van der Waals surface area contributed by atoms with Gasteiger partial charge in [0.1, 0.15) is 0 Å². The third-order valence-corrected chi connectivity index (χ3v) is 5.14. The molecule has 1 saturated carbocycles. The molecular formula is C16H20N4O3. The van der Waals surface area contributed by atoms with Crippen molar-refractivity contribution in [3.8, 4) is 0 Å². The number of hydrogen-bond acceptors (Lipinski definition) is 4. The van der Waals surface area contributed by atoms with E-state index < -0.39 is 0 Å². The average Bonchev–Trinajstić information content (AvgIpc) is 3.22. The number of likely N-dealkylation sites (tertiary alicyclic amines) is 2. The van der Waals surface area contributed by atoms with Crippen molar-refractivity contribution < 1.29 is 9.59 Å². The van der Waals surface area contributed by atoms with Gasteiger partial charge in [0.05, 0.1) is 0 Å². The standard InChI is InChI=1S/C16H20N4O3/c1-10-6-12(21)13(18-17-10)15(23)20-8-16(9-20)4-5-19(7-16)14(22)11-2-3-11/h6,11H,2-5,7-9H2,1H3,(H,17,21). The van der Waals surface area contributed by atoms with Gasteiger partial charge in [-0.15, -0.1) is 0 Å². The summed E-state index contributed by atoms with van der Waals surface area (Å²) >= 11 is 0. The summed E-state index contributed by atoms with van der Waals surface area (Å²) in [6.07, 6.45) is 2.98. The molecule has 1 aliphatic carbocycles. The number of rotatable bonds is 2. The van der Waals surface area contributed by atoms with Gasteiger partial charge in [-0.25, -0.2) is 0 Å². The fourth-order valence-corrected chi connectivity index (χ4v) is 3.68. The molecule has 0 atom stereocenters. The van der Waals surface area contributed by atoms with Crippen LogP contribution in [-0.4, -0.2) is 58.0 Å². The Morgan fingerprint density at radius 1 is 1.26 bits per heavy atom. The van der Waals surface area contributed by atoms with Crippen LogP contribution in [0.2, 0.25) is 0 Å². The van der Waals surface area contributed by atoms with Crippen molar-refractivity contribution in [1.82, 2.24) is 20.0 Å². The minimum atomic E-state index is -0.343. The van der Waals surface area contributed by atoms with Crippen LogP contribution in [0.5, 0.6) is 0 Å². The van der Waals surface area contributed by atoms with Crippen molar-refractivity contribution >= 4 is 11.8 Å². The van der Waals surface area contributed by atoms with E-state index in [1.165, 1.54) is 6.07 Å². The second kappa shape index (κ2) is 4.91. The molecule has 3 heterocycles. The maximum Gasteiger partial charge on any atom is 0.278 e. The van der Waals surface area contributed by atoms with Crippen molar-refractivity contribution in [3.05, 3.63) is 27.7 Å². The number of hydrogen-bond donors (Lipinski definition) is 1. The summed E-state index contributed by atoms with van der Waals surface area (Å²) in [5, 5.41) is 6.55. The normalized spacial score (nSPS) is 22.3. The molecule has 0 aromatic carbocycles. The third kappa shape index (κ3) is 2.44. The molecule has 7 heteroatoms. The molecule has 2 amide bonds. The van der Waals surface area contributed by atoms with Crippen LogP contribution in [-0.2, 0) is 4.79 Å². The Morgan fingerprint density at radius 3 is 2.61 bits per heavy atom. The zero-order valence-corrected chi connectivity index (χ0v) is 13.2. The number of nitrogens with one attached hydrogen (secondary N) is 1. The molecule has 4 rings (SSSR count). The zero-order chi connectivity index (χ0) is 16.2. The van der Waals surface area contributed by atoms with Crippen LogP contribution in [0.25, 0.3) is 0 Å². The topological polar surface area (TPSA) is 86.4 Å². The average molecular weight is 316 g/mol. The van der Waals surface area contributed by atoms with Gasteiger partial charge in [-0.2, -0.15) is 5.10 Å². The lowest BCUT2D eigenvalue weighted by Crippen LogP contribution is -2.60. The second-order valence-electron chi connectivity index (χ2n) is 7.21. The van der Waals surface area contributed by atoms with Crippen molar-refractivity contribution in [3.63, 3.8) is 0 Å². The number of aromatic nitrogens is 2.